The molecular weight excluding hydrogens is 356 g/mol. The van der Waals surface area contributed by atoms with Crippen LogP contribution in [-0.4, -0.2) is 16.9 Å². The first-order valence-corrected chi connectivity index (χ1v) is 8.64. The van der Waals surface area contributed by atoms with Gasteiger partial charge in [0.1, 0.15) is 24.7 Å². The third kappa shape index (κ3) is 4.93. The number of anilines is 1. The van der Waals surface area contributed by atoms with Gasteiger partial charge in [-0.25, -0.2) is 9.78 Å². The summed E-state index contributed by atoms with van der Waals surface area (Å²) in [6.45, 7) is 1.60. The van der Waals surface area contributed by atoms with Crippen molar-refractivity contribution >= 4 is 28.3 Å². The number of ether oxygens (including phenoxy) is 2. The van der Waals surface area contributed by atoms with E-state index in [0.717, 1.165) is 0 Å². The molecule has 0 radical (unpaired) electrons. The summed E-state index contributed by atoms with van der Waals surface area (Å²) in [7, 11) is 0. The van der Waals surface area contributed by atoms with Crippen molar-refractivity contribution in [3.8, 4) is 5.75 Å². The Labute approximate surface area is 153 Å². The van der Waals surface area contributed by atoms with Crippen molar-refractivity contribution in [1.82, 2.24) is 4.98 Å². The number of hydrogen-bond acceptors (Lipinski definition) is 7. The third-order valence-corrected chi connectivity index (χ3v) is 3.98. The smallest absolute Gasteiger partial charge is 0.374 e. The van der Waals surface area contributed by atoms with Crippen LogP contribution in [0.2, 0.25) is 0 Å². The molecule has 0 aliphatic carbocycles. The molecule has 0 aliphatic rings. The van der Waals surface area contributed by atoms with Crippen molar-refractivity contribution in [2.24, 2.45) is 0 Å². The number of nitrogens with one attached hydrogen (secondary N) is 1. The molecule has 0 atom stereocenters. The molecule has 1 aromatic carbocycles. The number of carbonyl (C=O) groups excluding carboxylic acids is 2. The fourth-order valence-electron chi connectivity index (χ4n) is 2.03. The normalized spacial score (nSPS) is 10.3. The van der Waals surface area contributed by atoms with Gasteiger partial charge in [-0.1, -0.05) is 18.2 Å². The highest BCUT2D eigenvalue weighted by molar-refractivity contribution is 7.13. The highest BCUT2D eigenvalue weighted by Gasteiger charge is 2.14. The maximum Gasteiger partial charge on any atom is 0.374 e. The van der Waals surface area contributed by atoms with Gasteiger partial charge in [0, 0.05) is 12.3 Å². The Kier molecular flexibility index (Phi) is 5.65. The highest BCUT2D eigenvalue weighted by atomic mass is 32.1. The van der Waals surface area contributed by atoms with E-state index < -0.39 is 5.97 Å². The number of benzene rings is 1. The van der Waals surface area contributed by atoms with Gasteiger partial charge in [-0.15, -0.1) is 11.3 Å². The molecule has 3 aromatic rings. The molecule has 0 unspecified atom stereocenters. The number of thiazole rings is 1. The van der Waals surface area contributed by atoms with E-state index in [9.17, 15) is 9.59 Å². The molecule has 2 aromatic heterocycles. The van der Waals surface area contributed by atoms with E-state index in [4.69, 9.17) is 13.9 Å². The lowest BCUT2D eigenvalue weighted by Gasteiger charge is -2.03. The monoisotopic (exact) mass is 372 g/mol. The lowest BCUT2D eigenvalue weighted by molar-refractivity contribution is -0.114. The molecule has 1 amide bonds. The average Bonchev–Trinajstić information content (AvgIpc) is 3.28. The number of esters is 1. The first-order chi connectivity index (χ1) is 12.6. The number of rotatable bonds is 7. The van der Waals surface area contributed by atoms with Crippen molar-refractivity contribution in [1.29, 1.82) is 0 Å². The van der Waals surface area contributed by atoms with Gasteiger partial charge in [-0.3, -0.25) is 4.79 Å². The Morgan fingerprint density at radius 3 is 2.73 bits per heavy atom. The van der Waals surface area contributed by atoms with Crippen LogP contribution >= 0.6 is 11.3 Å². The summed E-state index contributed by atoms with van der Waals surface area (Å²) in [5.74, 6) is 0.525. The molecule has 134 valence electrons. The summed E-state index contributed by atoms with van der Waals surface area (Å²) in [5.41, 5.74) is 0.547. The van der Waals surface area contributed by atoms with Gasteiger partial charge in [0.25, 0.3) is 0 Å². The summed E-state index contributed by atoms with van der Waals surface area (Å²) in [4.78, 5) is 27.1. The quantitative estimate of drug-likeness (QED) is 0.637. The minimum Gasteiger partial charge on any atom is -0.486 e. The van der Waals surface area contributed by atoms with Crippen LogP contribution in [-0.2, 0) is 22.7 Å². The van der Waals surface area contributed by atoms with E-state index in [0.29, 0.717) is 22.3 Å². The van der Waals surface area contributed by atoms with Gasteiger partial charge >= 0.3 is 5.97 Å². The van der Waals surface area contributed by atoms with Crippen LogP contribution in [0.1, 0.15) is 28.9 Å². The molecule has 0 saturated carbocycles. The van der Waals surface area contributed by atoms with Gasteiger partial charge in [-0.05, 0) is 24.3 Å². The zero-order chi connectivity index (χ0) is 18.4. The molecule has 7 nitrogen and oxygen atoms in total. The number of aromatic nitrogens is 1. The summed E-state index contributed by atoms with van der Waals surface area (Å²) < 4.78 is 16.2. The first kappa shape index (κ1) is 17.7. The van der Waals surface area contributed by atoms with Crippen LogP contribution in [0, 0.1) is 0 Å². The fraction of sp³-hybridized carbons (Fsp3) is 0.167. The van der Waals surface area contributed by atoms with Crippen molar-refractivity contribution < 1.29 is 23.5 Å². The molecule has 0 saturated heterocycles. The van der Waals surface area contributed by atoms with Crippen molar-refractivity contribution in [3.05, 3.63) is 65.1 Å². The number of amides is 1. The largest absolute Gasteiger partial charge is 0.486 e. The zero-order valence-corrected chi connectivity index (χ0v) is 14.7. The molecule has 26 heavy (non-hydrogen) atoms. The average molecular weight is 372 g/mol. The van der Waals surface area contributed by atoms with Gasteiger partial charge in [0.2, 0.25) is 11.7 Å². The molecule has 1 N–H and O–H groups in total. The van der Waals surface area contributed by atoms with Crippen LogP contribution in [0.4, 0.5) is 5.13 Å². The summed E-state index contributed by atoms with van der Waals surface area (Å²) in [6, 6.07) is 12.5. The summed E-state index contributed by atoms with van der Waals surface area (Å²) in [5, 5.41) is 4.74. The Morgan fingerprint density at radius 1 is 1.15 bits per heavy atom. The molecule has 2 heterocycles. The molecule has 3 rings (SSSR count). The number of para-hydroxylation sites is 1. The third-order valence-electron chi connectivity index (χ3n) is 3.17. The molecule has 0 fully saturated rings. The van der Waals surface area contributed by atoms with Crippen LogP contribution in [0.25, 0.3) is 0 Å². The van der Waals surface area contributed by atoms with E-state index in [1.165, 1.54) is 24.3 Å². The van der Waals surface area contributed by atoms with Crippen molar-refractivity contribution in [2.45, 2.75) is 20.1 Å². The number of furan rings is 1. The van der Waals surface area contributed by atoms with E-state index >= 15 is 0 Å². The molecule has 0 spiro atoms. The van der Waals surface area contributed by atoms with Gasteiger partial charge in [0.05, 0.1) is 5.69 Å². The molecular formula is C18H16N2O5S. The molecule has 0 aliphatic heterocycles. The fourth-order valence-corrected chi connectivity index (χ4v) is 2.77. The Morgan fingerprint density at radius 2 is 1.96 bits per heavy atom. The lowest BCUT2D eigenvalue weighted by Crippen LogP contribution is -2.06. The first-order valence-electron chi connectivity index (χ1n) is 7.76. The molecule has 8 heteroatoms. The van der Waals surface area contributed by atoms with Crippen LogP contribution in [0.5, 0.6) is 5.75 Å². The Bertz CT molecular complexity index is 888. The number of hydrogen-bond donors (Lipinski definition) is 1. The van der Waals surface area contributed by atoms with Crippen LogP contribution in [0.3, 0.4) is 0 Å². The Balaban J connectivity index is 1.50. The highest BCUT2D eigenvalue weighted by Crippen LogP contribution is 2.18. The predicted octanol–water partition coefficient (Wildman–Crippen LogP) is 3.63. The van der Waals surface area contributed by atoms with E-state index in [1.54, 1.807) is 11.4 Å². The minimum absolute atomic E-state index is 0.00847. The van der Waals surface area contributed by atoms with Gasteiger partial charge in [-0.2, -0.15) is 0 Å². The van der Waals surface area contributed by atoms with Crippen molar-refractivity contribution in [3.63, 3.8) is 0 Å². The van der Waals surface area contributed by atoms with Crippen molar-refractivity contribution in [2.75, 3.05) is 5.32 Å². The second-order valence-corrected chi connectivity index (χ2v) is 6.13. The SMILES string of the molecule is CC(=O)Nc1nc(COC(=O)c2ccc(COc3ccccc3)o2)cs1. The predicted molar refractivity (Wildman–Crippen MR) is 95.0 cm³/mol. The molecule has 0 bridgehead atoms. The summed E-state index contributed by atoms with van der Waals surface area (Å²) >= 11 is 1.26. The second kappa shape index (κ2) is 8.30. The maximum atomic E-state index is 12.0. The second-order valence-electron chi connectivity index (χ2n) is 5.27. The number of carbonyl (C=O) groups is 2. The minimum atomic E-state index is -0.593. The van der Waals surface area contributed by atoms with Crippen LogP contribution in [0.15, 0.2) is 52.3 Å². The van der Waals surface area contributed by atoms with E-state index in [-0.39, 0.29) is 24.9 Å². The topological polar surface area (TPSA) is 90.7 Å². The standard InChI is InChI=1S/C18H16N2O5S/c1-12(21)19-18-20-13(11-26-18)9-24-17(22)16-8-7-15(25-16)10-23-14-5-3-2-4-6-14/h2-8,11H,9-10H2,1H3,(H,19,20,21). The number of nitrogens with zero attached hydrogens (tertiary/aromatic N) is 1. The van der Waals surface area contributed by atoms with Gasteiger partial charge < -0.3 is 19.2 Å². The summed E-state index contributed by atoms with van der Waals surface area (Å²) in [6.07, 6.45) is 0. The lowest BCUT2D eigenvalue weighted by atomic mass is 10.3. The van der Waals surface area contributed by atoms with Gasteiger partial charge in [0.15, 0.2) is 5.13 Å². The maximum absolute atomic E-state index is 12.0. The van der Waals surface area contributed by atoms with E-state index in [1.807, 2.05) is 30.3 Å². The van der Waals surface area contributed by atoms with Crippen LogP contribution < -0.4 is 10.1 Å². The zero-order valence-electron chi connectivity index (χ0n) is 13.9. The Hall–Kier alpha value is -3.13. The van der Waals surface area contributed by atoms with E-state index in [2.05, 4.69) is 10.3 Å².